The quantitative estimate of drug-likeness (QED) is 0.852. The van der Waals surface area contributed by atoms with Crippen LogP contribution in [0.1, 0.15) is 18.2 Å². The van der Waals surface area contributed by atoms with Crippen LogP contribution >= 0.6 is 0 Å². The first-order valence-corrected chi connectivity index (χ1v) is 5.84. The maximum Gasteiger partial charge on any atom is 0.235 e. The van der Waals surface area contributed by atoms with Gasteiger partial charge in [0.25, 0.3) is 0 Å². The number of rotatable bonds is 2. The number of aliphatic hydroxyl groups excluding tert-OH is 1. The van der Waals surface area contributed by atoms with E-state index in [4.69, 9.17) is 9.26 Å². The van der Waals surface area contributed by atoms with E-state index in [-0.39, 0.29) is 5.92 Å². The van der Waals surface area contributed by atoms with Crippen molar-refractivity contribution < 1.29 is 14.4 Å². The predicted octanol–water partition coefficient (Wildman–Crippen LogP) is 0.996. The fourth-order valence-corrected chi connectivity index (χ4v) is 1.96. The Morgan fingerprint density at radius 2 is 2.33 bits per heavy atom. The Hall–Kier alpha value is -1.79. The lowest BCUT2D eigenvalue weighted by atomic mass is 9.99. The topological polar surface area (TPSA) is 81.3 Å². The second-order valence-corrected chi connectivity index (χ2v) is 4.24. The summed E-state index contributed by atoms with van der Waals surface area (Å²) in [6.07, 6.45) is 3.46. The summed E-state index contributed by atoms with van der Waals surface area (Å²) in [6.45, 7) is 0.983. The van der Waals surface area contributed by atoms with Crippen LogP contribution in [-0.4, -0.2) is 39.5 Å². The Morgan fingerprint density at radius 3 is 3.11 bits per heavy atom. The standard InChI is InChI=1S/C12H13N3O3/c16-10-3-5-17-7-9(10)12-14-11(15-18-12)8-2-1-4-13-6-8/h1-2,4,6,9-10,16H,3,5,7H2. The number of aromatic nitrogens is 3. The van der Waals surface area contributed by atoms with Crippen LogP contribution in [0.3, 0.4) is 0 Å². The van der Waals surface area contributed by atoms with Gasteiger partial charge in [-0.25, -0.2) is 0 Å². The average molecular weight is 247 g/mol. The number of ether oxygens (including phenoxy) is 1. The van der Waals surface area contributed by atoms with E-state index >= 15 is 0 Å². The van der Waals surface area contributed by atoms with Gasteiger partial charge in [-0.1, -0.05) is 5.16 Å². The molecule has 6 nitrogen and oxygen atoms in total. The van der Waals surface area contributed by atoms with E-state index in [0.29, 0.717) is 31.3 Å². The molecule has 0 radical (unpaired) electrons. The zero-order valence-corrected chi connectivity index (χ0v) is 9.69. The maximum atomic E-state index is 9.88. The van der Waals surface area contributed by atoms with Crippen molar-refractivity contribution in [1.82, 2.24) is 15.1 Å². The van der Waals surface area contributed by atoms with Gasteiger partial charge in [-0.05, 0) is 18.6 Å². The van der Waals surface area contributed by atoms with Gasteiger partial charge in [0.05, 0.1) is 18.6 Å². The first-order valence-electron chi connectivity index (χ1n) is 5.84. The number of aliphatic hydroxyl groups is 1. The largest absolute Gasteiger partial charge is 0.392 e. The van der Waals surface area contributed by atoms with Gasteiger partial charge in [0.15, 0.2) is 0 Å². The van der Waals surface area contributed by atoms with Crippen LogP contribution in [0, 0.1) is 0 Å². The summed E-state index contributed by atoms with van der Waals surface area (Å²) >= 11 is 0. The van der Waals surface area contributed by atoms with Crippen LogP contribution < -0.4 is 0 Å². The molecule has 1 fully saturated rings. The third kappa shape index (κ3) is 2.12. The molecule has 18 heavy (non-hydrogen) atoms. The molecule has 2 atom stereocenters. The third-order valence-corrected chi connectivity index (χ3v) is 3.00. The second-order valence-electron chi connectivity index (χ2n) is 4.24. The Balaban J connectivity index is 1.85. The maximum absolute atomic E-state index is 9.88. The lowest BCUT2D eigenvalue weighted by molar-refractivity contribution is -0.0149. The summed E-state index contributed by atoms with van der Waals surface area (Å²) in [5.74, 6) is 0.661. The highest BCUT2D eigenvalue weighted by Gasteiger charge is 2.30. The summed E-state index contributed by atoms with van der Waals surface area (Å²) in [4.78, 5) is 8.30. The van der Waals surface area contributed by atoms with Crippen molar-refractivity contribution in [2.75, 3.05) is 13.2 Å². The number of hydrogen-bond donors (Lipinski definition) is 1. The van der Waals surface area contributed by atoms with Crippen LogP contribution in [0.2, 0.25) is 0 Å². The molecule has 0 aromatic carbocycles. The summed E-state index contributed by atoms with van der Waals surface area (Å²) in [6, 6.07) is 3.67. The summed E-state index contributed by atoms with van der Waals surface area (Å²) in [5.41, 5.74) is 0.790. The van der Waals surface area contributed by atoms with Crippen LogP contribution in [-0.2, 0) is 4.74 Å². The van der Waals surface area contributed by atoms with Gasteiger partial charge in [-0.15, -0.1) is 0 Å². The van der Waals surface area contributed by atoms with Gasteiger partial charge >= 0.3 is 0 Å². The lowest BCUT2D eigenvalue weighted by Gasteiger charge is -2.24. The van der Waals surface area contributed by atoms with Gasteiger partial charge in [0.2, 0.25) is 11.7 Å². The van der Waals surface area contributed by atoms with Gasteiger partial charge < -0.3 is 14.4 Å². The second kappa shape index (κ2) is 4.83. The average Bonchev–Trinajstić information content (AvgIpc) is 2.90. The predicted molar refractivity (Wildman–Crippen MR) is 61.7 cm³/mol. The molecule has 0 spiro atoms. The third-order valence-electron chi connectivity index (χ3n) is 3.00. The van der Waals surface area contributed by atoms with Crippen molar-refractivity contribution in [2.24, 2.45) is 0 Å². The number of nitrogens with zero attached hydrogens (tertiary/aromatic N) is 3. The molecular formula is C12H13N3O3. The van der Waals surface area contributed by atoms with Crippen molar-refractivity contribution in [3.05, 3.63) is 30.4 Å². The van der Waals surface area contributed by atoms with Crippen molar-refractivity contribution in [2.45, 2.75) is 18.4 Å². The molecule has 1 N–H and O–H groups in total. The number of hydrogen-bond acceptors (Lipinski definition) is 6. The molecule has 1 aliphatic rings. The van der Waals surface area contributed by atoms with Gasteiger partial charge in [-0.3, -0.25) is 4.98 Å². The normalized spacial score (nSPS) is 24.1. The first-order chi connectivity index (χ1) is 8.84. The van der Waals surface area contributed by atoms with E-state index in [2.05, 4.69) is 15.1 Å². The van der Waals surface area contributed by atoms with Crippen molar-refractivity contribution in [1.29, 1.82) is 0 Å². The zero-order valence-electron chi connectivity index (χ0n) is 9.69. The minimum Gasteiger partial charge on any atom is -0.392 e. The zero-order chi connectivity index (χ0) is 12.4. The molecule has 3 heterocycles. The van der Waals surface area contributed by atoms with Crippen LogP contribution in [0.4, 0.5) is 0 Å². The summed E-state index contributed by atoms with van der Waals surface area (Å²) < 4.78 is 10.5. The Kier molecular flexibility index (Phi) is 3.04. The first kappa shape index (κ1) is 11.3. The highest BCUT2D eigenvalue weighted by atomic mass is 16.5. The fourth-order valence-electron chi connectivity index (χ4n) is 1.96. The molecule has 2 aromatic rings. The van der Waals surface area contributed by atoms with Crippen LogP contribution in [0.25, 0.3) is 11.4 Å². The van der Waals surface area contributed by atoms with Crippen LogP contribution in [0.5, 0.6) is 0 Å². The van der Waals surface area contributed by atoms with E-state index in [1.807, 2.05) is 12.1 Å². The van der Waals surface area contributed by atoms with E-state index in [0.717, 1.165) is 5.56 Å². The van der Waals surface area contributed by atoms with Gasteiger partial charge in [0, 0.05) is 24.6 Å². The smallest absolute Gasteiger partial charge is 0.235 e. The monoisotopic (exact) mass is 247 g/mol. The molecule has 0 saturated carbocycles. The molecule has 2 unspecified atom stereocenters. The summed E-state index contributed by atoms with van der Waals surface area (Å²) in [5, 5.41) is 13.8. The summed E-state index contributed by atoms with van der Waals surface area (Å²) in [7, 11) is 0. The molecule has 0 aliphatic carbocycles. The molecule has 0 amide bonds. The highest BCUT2D eigenvalue weighted by molar-refractivity contribution is 5.51. The minimum absolute atomic E-state index is 0.239. The van der Waals surface area contributed by atoms with E-state index in [1.54, 1.807) is 12.4 Å². The minimum atomic E-state index is -0.485. The van der Waals surface area contributed by atoms with E-state index in [1.165, 1.54) is 0 Å². The Bertz CT molecular complexity index is 514. The Morgan fingerprint density at radius 1 is 1.39 bits per heavy atom. The fraction of sp³-hybridized carbons (Fsp3) is 0.417. The van der Waals surface area contributed by atoms with Crippen molar-refractivity contribution in [3.63, 3.8) is 0 Å². The SMILES string of the molecule is OC1CCOCC1c1nc(-c2cccnc2)no1. The van der Waals surface area contributed by atoms with Gasteiger partial charge in [0.1, 0.15) is 0 Å². The molecule has 94 valence electrons. The molecule has 3 rings (SSSR count). The molecule has 1 aliphatic heterocycles. The van der Waals surface area contributed by atoms with Crippen LogP contribution in [0.15, 0.2) is 29.0 Å². The number of pyridine rings is 1. The molecule has 2 aromatic heterocycles. The molecule has 0 bridgehead atoms. The van der Waals surface area contributed by atoms with Crippen molar-refractivity contribution in [3.8, 4) is 11.4 Å². The Labute approximate surface area is 104 Å². The van der Waals surface area contributed by atoms with Crippen molar-refractivity contribution >= 4 is 0 Å². The van der Waals surface area contributed by atoms with Gasteiger partial charge in [-0.2, -0.15) is 4.98 Å². The molecule has 6 heteroatoms. The highest BCUT2D eigenvalue weighted by Crippen LogP contribution is 2.26. The lowest BCUT2D eigenvalue weighted by Crippen LogP contribution is -2.30. The molecule has 1 saturated heterocycles. The van der Waals surface area contributed by atoms with E-state index < -0.39 is 6.10 Å². The van der Waals surface area contributed by atoms with E-state index in [9.17, 15) is 5.11 Å². The molecular weight excluding hydrogens is 234 g/mol.